The highest BCUT2D eigenvalue weighted by molar-refractivity contribution is 6.22. The SMILES string of the molecule is CCN(CC)C(=O)c1ccc([C@H](Cl)c2cccc(OC)c2)cc1. The first-order valence-corrected chi connectivity index (χ1v) is 8.21. The van der Waals surface area contributed by atoms with Gasteiger partial charge in [-0.2, -0.15) is 0 Å². The fourth-order valence-corrected chi connectivity index (χ4v) is 2.76. The number of methoxy groups -OCH3 is 1. The minimum Gasteiger partial charge on any atom is -0.497 e. The molecule has 0 spiro atoms. The highest BCUT2D eigenvalue weighted by Crippen LogP contribution is 2.30. The average molecular weight is 332 g/mol. The second kappa shape index (κ2) is 8.02. The van der Waals surface area contributed by atoms with E-state index in [9.17, 15) is 4.79 Å². The lowest BCUT2D eigenvalue weighted by molar-refractivity contribution is 0.0773. The molecule has 2 aromatic carbocycles. The van der Waals surface area contributed by atoms with Crippen molar-refractivity contribution in [3.8, 4) is 5.75 Å². The Morgan fingerprint density at radius 2 is 1.74 bits per heavy atom. The van der Waals surface area contributed by atoms with Crippen LogP contribution in [0.1, 0.15) is 40.7 Å². The van der Waals surface area contributed by atoms with Crippen molar-refractivity contribution in [1.29, 1.82) is 0 Å². The Bertz CT molecular complexity index is 651. The highest BCUT2D eigenvalue weighted by Gasteiger charge is 2.15. The molecule has 0 fully saturated rings. The maximum Gasteiger partial charge on any atom is 0.253 e. The van der Waals surface area contributed by atoms with Crippen LogP contribution >= 0.6 is 11.6 Å². The first-order chi connectivity index (χ1) is 11.1. The zero-order chi connectivity index (χ0) is 16.8. The standard InChI is InChI=1S/C19H22ClNO2/c1-4-21(5-2)19(22)15-11-9-14(10-12-15)18(20)16-7-6-8-17(13-16)23-3/h6-13,18H,4-5H2,1-3H3/t18-/m0/s1. The van der Waals surface area contributed by atoms with Gasteiger partial charge in [0.1, 0.15) is 5.75 Å². The average Bonchev–Trinajstić information content (AvgIpc) is 2.62. The number of rotatable bonds is 6. The molecule has 0 saturated carbocycles. The van der Waals surface area contributed by atoms with Crippen LogP contribution in [-0.2, 0) is 0 Å². The van der Waals surface area contributed by atoms with Gasteiger partial charge in [0.25, 0.3) is 5.91 Å². The molecular weight excluding hydrogens is 310 g/mol. The number of ether oxygens (including phenoxy) is 1. The fraction of sp³-hybridized carbons (Fsp3) is 0.316. The van der Waals surface area contributed by atoms with Gasteiger partial charge in [-0.25, -0.2) is 0 Å². The Kier molecular flexibility index (Phi) is 6.05. The zero-order valence-electron chi connectivity index (χ0n) is 13.8. The molecule has 0 heterocycles. The van der Waals surface area contributed by atoms with E-state index in [1.165, 1.54) is 0 Å². The van der Waals surface area contributed by atoms with Gasteiger partial charge < -0.3 is 9.64 Å². The summed E-state index contributed by atoms with van der Waals surface area (Å²) in [6.07, 6.45) is 0. The van der Waals surface area contributed by atoms with Gasteiger partial charge in [-0.1, -0.05) is 24.3 Å². The smallest absolute Gasteiger partial charge is 0.253 e. The van der Waals surface area contributed by atoms with E-state index in [1.807, 2.05) is 62.4 Å². The summed E-state index contributed by atoms with van der Waals surface area (Å²) in [4.78, 5) is 14.1. The maximum atomic E-state index is 12.3. The van der Waals surface area contributed by atoms with E-state index in [2.05, 4.69) is 0 Å². The molecular formula is C19H22ClNO2. The Morgan fingerprint density at radius 1 is 1.09 bits per heavy atom. The molecule has 1 atom stereocenters. The highest BCUT2D eigenvalue weighted by atomic mass is 35.5. The van der Waals surface area contributed by atoms with Crippen LogP contribution in [0.5, 0.6) is 5.75 Å². The summed E-state index contributed by atoms with van der Waals surface area (Å²) in [5.41, 5.74) is 2.61. The van der Waals surface area contributed by atoms with E-state index in [4.69, 9.17) is 16.3 Å². The quantitative estimate of drug-likeness (QED) is 0.729. The maximum absolute atomic E-state index is 12.3. The largest absolute Gasteiger partial charge is 0.497 e. The summed E-state index contributed by atoms with van der Waals surface area (Å²) < 4.78 is 5.23. The second-order valence-electron chi connectivity index (χ2n) is 5.24. The first kappa shape index (κ1) is 17.4. The van der Waals surface area contributed by atoms with Gasteiger partial charge in [0.05, 0.1) is 12.5 Å². The summed E-state index contributed by atoms with van der Waals surface area (Å²) in [5, 5.41) is -0.275. The van der Waals surface area contributed by atoms with Crippen molar-refractivity contribution in [3.63, 3.8) is 0 Å². The molecule has 2 rings (SSSR count). The van der Waals surface area contributed by atoms with Crippen molar-refractivity contribution in [2.24, 2.45) is 0 Å². The van der Waals surface area contributed by atoms with Gasteiger partial charge >= 0.3 is 0 Å². The van der Waals surface area contributed by atoms with Crippen LogP contribution in [0.3, 0.4) is 0 Å². The lowest BCUT2D eigenvalue weighted by atomic mass is 10.0. The lowest BCUT2D eigenvalue weighted by Crippen LogP contribution is -2.30. The Hall–Kier alpha value is -2.00. The molecule has 0 aliphatic rings. The van der Waals surface area contributed by atoms with Crippen molar-refractivity contribution in [2.75, 3.05) is 20.2 Å². The molecule has 4 heteroatoms. The van der Waals surface area contributed by atoms with Gasteiger partial charge in [0.2, 0.25) is 0 Å². The van der Waals surface area contributed by atoms with E-state index in [1.54, 1.807) is 12.0 Å². The van der Waals surface area contributed by atoms with Crippen LogP contribution in [0.25, 0.3) is 0 Å². The second-order valence-corrected chi connectivity index (χ2v) is 5.68. The molecule has 2 aromatic rings. The minimum absolute atomic E-state index is 0.0500. The summed E-state index contributed by atoms with van der Waals surface area (Å²) in [6, 6.07) is 15.2. The Balaban J connectivity index is 2.20. The summed E-state index contributed by atoms with van der Waals surface area (Å²) >= 11 is 6.56. The number of nitrogens with zero attached hydrogens (tertiary/aromatic N) is 1. The van der Waals surface area contributed by atoms with Crippen LogP contribution in [0.2, 0.25) is 0 Å². The molecule has 0 saturated heterocycles. The predicted octanol–water partition coefficient (Wildman–Crippen LogP) is 4.51. The van der Waals surface area contributed by atoms with Crippen LogP contribution in [-0.4, -0.2) is 31.0 Å². The van der Waals surface area contributed by atoms with Crippen molar-refractivity contribution < 1.29 is 9.53 Å². The van der Waals surface area contributed by atoms with Gasteiger partial charge in [-0.3, -0.25) is 4.79 Å². The molecule has 23 heavy (non-hydrogen) atoms. The third-order valence-corrected chi connectivity index (χ3v) is 4.39. The molecule has 0 bridgehead atoms. The predicted molar refractivity (Wildman–Crippen MR) is 94.4 cm³/mol. The van der Waals surface area contributed by atoms with Crippen molar-refractivity contribution >= 4 is 17.5 Å². The number of carbonyl (C=O) groups excluding carboxylic acids is 1. The molecule has 122 valence electrons. The Morgan fingerprint density at radius 3 is 2.30 bits per heavy atom. The van der Waals surface area contributed by atoms with Gasteiger partial charge in [-0.05, 0) is 49.2 Å². The van der Waals surface area contributed by atoms with Gasteiger partial charge in [0, 0.05) is 18.7 Å². The summed E-state index contributed by atoms with van der Waals surface area (Å²) in [5.74, 6) is 0.829. The third kappa shape index (κ3) is 4.05. The van der Waals surface area contributed by atoms with Crippen molar-refractivity contribution in [2.45, 2.75) is 19.2 Å². The molecule has 0 aliphatic heterocycles. The number of carbonyl (C=O) groups is 1. The Labute approximate surface area is 142 Å². The monoisotopic (exact) mass is 331 g/mol. The molecule has 0 N–H and O–H groups in total. The minimum atomic E-state index is -0.275. The zero-order valence-corrected chi connectivity index (χ0v) is 14.5. The van der Waals surface area contributed by atoms with E-state index in [-0.39, 0.29) is 11.3 Å². The summed E-state index contributed by atoms with van der Waals surface area (Å²) in [6.45, 7) is 5.37. The number of benzene rings is 2. The van der Waals surface area contributed by atoms with Crippen LogP contribution < -0.4 is 4.74 Å². The topological polar surface area (TPSA) is 29.5 Å². The fourth-order valence-electron chi connectivity index (χ4n) is 2.48. The number of alkyl halides is 1. The molecule has 1 amide bonds. The van der Waals surface area contributed by atoms with Gasteiger partial charge in [-0.15, -0.1) is 11.6 Å². The first-order valence-electron chi connectivity index (χ1n) is 7.78. The summed E-state index contributed by atoms with van der Waals surface area (Å²) in [7, 11) is 1.63. The van der Waals surface area contributed by atoms with Gasteiger partial charge in [0.15, 0.2) is 0 Å². The normalized spacial score (nSPS) is 11.8. The molecule has 0 aromatic heterocycles. The molecule has 0 radical (unpaired) electrons. The molecule has 0 aliphatic carbocycles. The van der Waals surface area contributed by atoms with Crippen molar-refractivity contribution in [1.82, 2.24) is 4.90 Å². The number of hydrogen-bond acceptors (Lipinski definition) is 2. The van der Waals surface area contributed by atoms with E-state index >= 15 is 0 Å². The van der Waals surface area contributed by atoms with Crippen molar-refractivity contribution in [3.05, 3.63) is 65.2 Å². The van der Waals surface area contributed by atoms with Crippen LogP contribution in [0.4, 0.5) is 0 Å². The van der Waals surface area contributed by atoms with Crippen LogP contribution in [0, 0.1) is 0 Å². The van der Waals surface area contributed by atoms with E-state index < -0.39 is 0 Å². The molecule has 0 unspecified atom stereocenters. The number of amides is 1. The third-order valence-electron chi connectivity index (χ3n) is 3.89. The lowest BCUT2D eigenvalue weighted by Gasteiger charge is -2.19. The number of halogens is 1. The van der Waals surface area contributed by atoms with Crippen LogP contribution in [0.15, 0.2) is 48.5 Å². The number of hydrogen-bond donors (Lipinski definition) is 0. The molecule has 3 nitrogen and oxygen atoms in total. The van der Waals surface area contributed by atoms with E-state index in [0.717, 1.165) is 16.9 Å². The van der Waals surface area contributed by atoms with E-state index in [0.29, 0.717) is 18.7 Å².